The van der Waals surface area contributed by atoms with Crippen molar-refractivity contribution >= 4 is 24.1 Å². The van der Waals surface area contributed by atoms with Crippen molar-refractivity contribution in [3.63, 3.8) is 0 Å². The van der Waals surface area contributed by atoms with Crippen LogP contribution in [0.25, 0.3) is 11.4 Å². The number of aromatic amines is 1. The van der Waals surface area contributed by atoms with Crippen LogP contribution in [0, 0.1) is 10.7 Å². The first-order valence-corrected chi connectivity index (χ1v) is 9.43. The van der Waals surface area contributed by atoms with Gasteiger partial charge in [0.1, 0.15) is 11.8 Å². The SMILES string of the molecule is COC(=O)C(CC(C)C)NC(=O)CCn1c(-c2ccc(OC)cc2)n[nH]c1=S. The lowest BCUT2D eigenvalue weighted by Crippen LogP contribution is -2.42. The van der Waals surface area contributed by atoms with Crippen LogP contribution < -0.4 is 10.1 Å². The molecule has 0 saturated heterocycles. The average molecular weight is 407 g/mol. The molecule has 1 unspecified atom stereocenters. The van der Waals surface area contributed by atoms with Crippen molar-refractivity contribution in [2.75, 3.05) is 14.2 Å². The number of esters is 1. The second kappa shape index (κ2) is 10.0. The van der Waals surface area contributed by atoms with Crippen molar-refractivity contribution in [1.29, 1.82) is 0 Å². The van der Waals surface area contributed by atoms with Gasteiger partial charge in [-0.15, -0.1) is 0 Å². The maximum absolute atomic E-state index is 12.4. The minimum absolute atomic E-state index is 0.155. The van der Waals surface area contributed by atoms with Crippen LogP contribution >= 0.6 is 12.2 Å². The Hall–Kier alpha value is -2.68. The molecular formula is C19H26N4O4S. The molecule has 1 aromatic heterocycles. The Morgan fingerprint density at radius 2 is 1.93 bits per heavy atom. The van der Waals surface area contributed by atoms with E-state index in [0.717, 1.165) is 11.3 Å². The Labute approximate surface area is 169 Å². The van der Waals surface area contributed by atoms with E-state index in [1.165, 1.54) is 7.11 Å². The molecule has 2 aromatic rings. The van der Waals surface area contributed by atoms with Gasteiger partial charge in [0.25, 0.3) is 0 Å². The summed E-state index contributed by atoms with van der Waals surface area (Å²) in [5.41, 5.74) is 0.848. The van der Waals surface area contributed by atoms with Crippen molar-refractivity contribution in [3.8, 4) is 17.1 Å². The van der Waals surface area contributed by atoms with Gasteiger partial charge in [0.05, 0.1) is 14.2 Å². The second-order valence-electron chi connectivity index (χ2n) is 6.76. The standard InChI is InChI=1S/C19H26N4O4S/c1-12(2)11-15(18(25)27-4)20-16(24)9-10-23-17(21-22-19(23)28)13-5-7-14(26-3)8-6-13/h5-8,12,15H,9-11H2,1-4H3,(H,20,24)(H,22,28). The van der Waals surface area contributed by atoms with Crippen LogP contribution in [0.3, 0.4) is 0 Å². The lowest BCUT2D eigenvalue weighted by Gasteiger charge is -2.18. The molecule has 0 aliphatic rings. The summed E-state index contributed by atoms with van der Waals surface area (Å²) < 4.78 is 12.1. The van der Waals surface area contributed by atoms with Crippen LogP contribution in [0.2, 0.25) is 0 Å². The summed E-state index contributed by atoms with van der Waals surface area (Å²) in [6.07, 6.45) is 0.670. The van der Waals surface area contributed by atoms with Gasteiger partial charge < -0.3 is 14.8 Å². The van der Waals surface area contributed by atoms with E-state index in [4.69, 9.17) is 21.7 Å². The van der Waals surface area contributed by atoms with Gasteiger partial charge in [-0.25, -0.2) is 4.79 Å². The number of amides is 1. The highest BCUT2D eigenvalue weighted by Gasteiger charge is 2.22. The molecule has 0 aliphatic heterocycles. The van der Waals surface area contributed by atoms with Crippen LogP contribution in [-0.4, -0.2) is 46.9 Å². The van der Waals surface area contributed by atoms with Crippen molar-refractivity contribution in [2.45, 2.75) is 39.3 Å². The number of carbonyl (C=O) groups is 2. The molecule has 2 rings (SSSR count). The van der Waals surface area contributed by atoms with Gasteiger partial charge >= 0.3 is 5.97 Å². The zero-order valence-corrected chi connectivity index (χ0v) is 17.3. The van der Waals surface area contributed by atoms with Gasteiger partial charge in [-0.3, -0.25) is 14.5 Å². The molecule has 9 heteroatoms. The van der Waals surface area contributed by atoms with E-state index in [2.05, 4.69) is 15.5 Å². The van der Waals surface area contributed by atoms with E-state index in [1.807, 2.05) is 38.1 Å². The van der Waals surface area contributed by atoms with Gasteiger partial charge in [-0.2, -0.15) is 5.10 Å². The molecule has 152 valence electrons. The lowest BCUT2D eigenvalue weighted by molar-refractivity contribution is -0.145. The molecule has 1 amide bonds. The number of H-pyrrole nitrogens is 1. The molecule has 1 heterocycles. The lowest BCUT2D eigenvalue weighted by atomic mass is 10.0. The number of nitrogens with zero attached hydrogens (tertiary/aromatic N) is 2. The van der Waals surface area contributed by atoms with Crippen molar-refractivity contribution in [3.05, 3.63) is 29.0 Å². The number of hydrogen-bond donors (Lipinski definition) is 2. The Bertz CT molecular complexity index is 858. The van der Waals surface area contributed by atoms with E-state index in [9.17, 15) is 9.59 Å². The number of ether oxygens (including phenoxy) is 2. The molecule has 1 atom stereocenters. The molecule has 2 N–H and O–H groups in total. The quantitative estimate of drug-likeness (QED) is 0.491. The minimum Gasteiger partial charge on any atom is -0.497 e. The van der Waals surface area contributed by atoms with Gasteiger partial charge in [0.2, 0.25) is 5.91 Å². The molecule has 1 aromatic carbocycles. The monoisotopic (exact) mass is 406 g/mol. The summed E-state index contributed by atoms with van der Waals surface area (Å²) >= 11 is 5.29. The fourth-order valence-electron chi connectivity index (χ4n) is 2.79. The predicted molar refractivity (Wildman–Crippen MR) is 107 cm³/mol. The van der Waals surface area contributed by atoms with E-state index in [0.29, 0.717) is 23.6 Å². The van der Waals surface area contributed by atoms with E-state index in [1.54, 1.807) is 11.7 Å². The fourth-order valence-corrected chi connectivity index (χ4v) is 3.02. The third kappa shape index (κ3) is 5.66. The van der Waals surface area contributed by atoms with Crippen molar-refractivity contribution in [1.82, 2.24) is 20.1 Å². The molecule has 0 bridgehead atoms. The van der Waals surface area contributed by atoms with E-state index < -0.39 is 12.0 Å². The van der Waals surface area contributed by atoms with Crippen LogP contribution in [-0.2, 0) is 20.9 Å². The van der Waals surface area contributed by atoms with Crippen molar-refractivity contribution < 1.29 is 19.1 Å². The summed E-state index contributed by atoms with van der Waals surface area (Å²) in [6.45, 7) is 4.29. The molecule has 8 nitrogen and oxygen atoms in total. The van der Waals surface area contributed by atoms with E-state index >= 15 is 0 Å². The predicted octanol–water partition coefficient (Wildman–Crippen LogP) is 2.71. The van der Waals surface area contributed by atoms with Gasteiger partial charge in [-0.1, -0.05) is 13.8 Å². The number of aromatic nitrogens is 3. The highest BCUT2D eigenvalue weighted by Crippen LogP contribution is 2.21. The topological polar surface area (TPSA) is 98.2 Å². The third-order valence-corrected chi connectivity index (χ3v) is 4.51. The normalized spacial score (nSPS) is 11.9. The average Bonchev–Trinajstić information content (AvgIpc) is 3.05. The number of benzene rings is 1. The zero-order chi connectivity index (χ0) is 20.7. The summed E-state index contributed by atoms with van der Waals surface area (Å²) in [6, 6.07) is 6.75. The number of methoxy groups -OCH3 is 2. The maximum Gasteiger partial charge on any atom is 0.328 e. The first kappa shape index (κ1) is 21.6. The van der Waals surface area contributed by atoms with Crippen LogP contribution in [0.4, 0.5) is 0 Å². The van der Waals surface area contributed by atoms with Crippen LogP contribution in [0.15, 0.2) is 24.3 Å². The Morgan fingerprint density at radius 3 is 2.50 bits per heavy atom. The molecule has 0 spiro atoms. The molecule has 28 heavy (non-hydrogen) atoms. The molecule has 0 saturated carbocycles. The van der Waals surface area contributed by atoms with Crippen LogP contribution in [0.1, 0.15) is 26.7 Å². The smallest absolute Gasteiger partial charge is 0.328 e. The molecule has 0 fully saturated rings. The summed E-state index contributed by atoms with van der Waals surface area (Å²) in [7, 11) is 2.91. The Kier molecular flexibility index (Phi) is 7.74. The van der Waals surface area contributed by atoms with Crippen LogP contribution in [0.5, 0.6) is 5.75 Å². The minimum atomic E-state index is -0.657. The number of carbonyl (C=O) groups excluding carboxylic acids is 2. The third-order valence-electron chi connectivity index (χ3n) is 4.20. The first-order valence-electron chi connectivity index (χ1n) is 9.02. The highest BCUT2D eigenvalue weighted by atomic mass is 32.1. The van der Waals surface area contributed by atoms with Gasteiger partial charge in [0.15, 0.2) is 10.6 Å². The first-order chi connectivity index (χ1) is 13.3. The molecular weight excluding hydrogens is 380 g/mol. The van der Waals surface area contributed by atoms with Crippen molar-refractivity contribution in [2.24, 2.45) is 5.92 Å². The maximum atomic E-state index is 12.4. The molecule has 0 radical (unpaired) electrons. The fraction of sp³-hybridized carbons (Fsp3) is 0.474. The Morgan fingerprint density at radius 1 is 1.25 bits per heavy atom. The summed E-state index contributed by atoms with van der Waals surface area (Å²) in [5, 5.41) is 9.77. The number of rotatable bonds is 9. The van der Waals surface area contributed by atoms with E-state index in [-0.39, 0.29) is 18.2 Å². The summed E-state index contributed by atoms with van der Waals surface area (Å²) in [5.74, 6) is 0.921. The largest absolute Gasteiger partial charge is 0.497 e. The summed E-state index contributed by atoms with van der Waals surface area (Å²) in [4.78, 5) is 24.3. The number of hydrogen-bond acceptors (Lipinski definition) is 6. The zero-order valence-electron chi connectivity index (χ0n) is 16.5. The number of nitrogens with one attached hydrogen (secondary N) is 2. The highest BCUT2D eigenvalue weighted by molar-refractivity contribution is 7.71. The Balaban J connectivity index is 2.07. The molecule has 0 aliphatic carbocycles. The van der Waals surface area contributed by atoms with Gasteiger partial charge in [0, 0.05) is 18.5 Å². The second-order valence-corrected chi connectivity index (χ2v) is 7.14. The van der Waals surface area contributed by atoms with Gasteiger partial charge in [-0.05, 0) is 48.8 Å².